The van der Waals surface area contributed by atoms with Gasteiger partial charge in [-0.05, 0) is 19.1 Å². The summed E-state index contributed by atoms with van der Waals surface area (Å²) in [5.41, 5.74) is 1.09. The van der Waals surface area contributed by atoms with Gasteiger partial charge in [-0.25, -0.2) is 4.79 Å². The van der Waals surface area contributed by atoms with Gasteiger partial charge in [-0.3, -0.25) is 0 Å². The fraction of sp³-hybridized carbons (Fsp3) is 0.300. The molecule has 0 saturated heterocycles. The van der Waals surface area contributed by atoms with Crippen LogP contribution in [0.3, 0.4) is 0 Å². The lowest BCUT2D eigenvalue weighted by molar-refractivity contribution is 0.0601. The van der Waals surface area contributed by atoms with Crippen LogP contribution in [0.1, 0.15) is 15.9 Å². The van der Waals surface area contributed by atoms with Crippen molar-refractivity contribution in [2.75, 3.05) is 14.2 Å². The zero-order valence-electron chi connectivity index (χ0n) is 8.26. The van der Waals surface area contributed by atoms with Crippen molar-refractivity contribution in [3.8, 4) is 5.75 Å². The van der Waals surface area contributed by atoms with Crippen LogP contribution in [0.25, 0.3) is 0 Å². The van der Waals surface area contributed by atoms with Crippen LogP contribution in [0.2, 0.25) is 5.02 Å². The van der Waals surface area contributed by atoms with Crippen LogP contribution in [-0.4, -0.2) is 20.2 Å². The zero-order chi connectivity index (χ0) is 10.7. The first kappa shape index (κ1) is 10.9. The Bertz CT molecular complexity index is 361. The van der Waals surface area contributed by atoms with Crippen molar-refractivity contribution in [2.45, 2.75) is 6.92 Å². The van der Waals surface area contributed by atoms with Gasteiger partial charge in [-0.15, -0.1) is 0 Å². The summed E-state index contributed by atoms with van der Waals surface area (Å²) >= 11 is 5.97. The molecule has 1 aromatic carbocycles. The first-order chi connectivity index (χ1) is 6.61. The van der Waals surface area contributed by atoms with Gasteiger partial charge in [0.05, 0.1) is 24.8 Å². The smallest absolute Gasteiger partial charge is 0.339 e. The molecule has 0 fully saturated rings. The Morgan fingerprint density at radius 1 is 1.36 bits per heavy atom. The number of rotatable bonds is 2. The van der Waals surface area contributed by atoms with Crippen LogP contribution >= 0.6 is 11.6 Å². The molecule has 0 unspecified atom stereocenters. The molecule has 0 bridgehead atoms. The minimum absolute atomic E-state index is 0.354. The molecule has 4 heteroatoms. The molecule has 1 aromatic rings. The molecule has 0 spiro atoms. The maximum absolute atomic E-state index is 11.2. The maximum atomic E-state index is 11.2. The first-order valence-corrected chi connectivity index (χ1v) is 4.41. The molecule has 0 atom stereocenters. The molecule has 0 N–H and O–H groups in total. The topological polar surface area (TPSA) is 35.5 Å². The highest BCUT2D eigenvalue weighted by molar-refractivity contribution is 6.34. The van der Waals surface area contributed by atoms with E-state index in [-0.39, 0.29) is 0 Å². The highest BCUT2D eigenvalue weighted by Gasteiger charge is 2.14. The Kier molecular flexibility index (Phi) is 3.36. The maximum Gasteiger partial charge on any atom is 0.339 e. The van der Waals surface area contributed by atoms with Crippen molar-refractivity contribution in [3.63, 3.8) is 0 Å². The summed E-state index contributed by atoms with van der Waals surface area (Å²) in [6, 6.07) is 3.27. The molecule has 1 rings (SSSR count). The van der Waals surface area contributed by atoms with Gasteiger partial charge < -0.3 is 9.47 Å². The van der Waals surface area contributed by atoms with Crippen molar-refractivity contribution in [1.82, 2.24) is 0 Å². The quantitative estimate of drug-likeness (QED) is 0.710. The normalized spacial score (nSPS) is 9.71. The average molecular weight is 215 g/mol. The van der Waals surface area contributed by atoms with Gasteiger partial charge in [0.1, 0.15) is 5.75 Å². The number of carbonyl (C=O) groups is 1. The molecule has 76 valence electrons. The SMILES string of the molecule is COC(=O)c1ccc(OC)c(C)c1Cl. The highest BCUT2D eigenvalue weighted by Crippen LogP contribution is 2.29. The Balaban J connectivity index is 3.24. The van der Waals surface area contributed by atoms with Crippen molar-refractivity contribution < 1.29 is 14.3 Å². The standard InChI is InChI=1S/C10H11ClO3/c1-6-8(13-2)5-4-7(9(6)11)10(12)14-3/h4-5H,1-3H3. The van der Waals surface area contributed by atoms with Gasteiger partial charge >= 0.3 is 5.97 Å². The molecule has 0 aromatic heterocycles. The van der Waals surface area contributed by atoms with E-state index < -0.39 is 5.97 Å². The number of halogens is 1. The van der Waals surface area contributed by atoms with Gasteiger partial charge in [0.15, 0.2) is 0 Å². The molecule has 0 saturated carbocycles. The highest BCUT2D eigenvalue weighted by atomic mass is 35.5. The first-order valence-electron chi connectivity index (χ1n) is 4.03. The van der Waals surface area contributed by atoms with E-state index >= 15 is 0 Å². The lowest BCUT2D eigenvalue weighted by atomic mass is 10.1. The van der Waals surface area contributed by atoms with E-state index in [4.69, 9.17) is 16.3 Å². The van der Waals surface area contributed by atoms with Crippen LogP contribution in [0.4, 0.5) is 0 Å². The summed E-state index contributed by atoms with van der Waals surface area (Å²) in [6.45, 7) is 1.79. The molecule has 0 aliphatic rings. The Labute approximate surface area is 87.6 Å². The Morgan fingerprint density at radius 3 is 2.50 bits per heavy atom. The van der Waals surface area contributed by atoms with E-state index in [1.165, 1.54) is 7.11 Å². The van der Waals surface area contributed by atoms with Crippen molar-refractivity contribution in [1.29, 1.82) is 0 Å². The van der Waals surface area contributed by atoms with Gasteiger partial charge in [-0.2, -0.15) is 0 Å². The second-order valence-electron chi connectivity index (χ2n) is 2.75. The third-order valence-corrected chi connectivity index (χ3v) is 2.45. The molecule has 0 radical (unpaired) electrons. The second kappa shape index (κ2) is 4.33. The van der Waals surface area contributed by atoms with Crippen LogP contribution in [-0.2, 0) is 4.74 Å². The zero-order valence-corrected chi connectivity index (χ0v) is 9.01. The van der Waals surface area contributed by atoms with Crippen LogP contribution in [0.15, 0.2) is 12.1 Å². The predicted octanol–water partition coefficient (Wildman–Crippen LogP) is 2.44. The predicted molar refractivity (Wildman–Crippen MR) is 54.1 cm³/mol. The molecule has 0 heterocycles. The van der Waals surface area contributed by atoms with E-state index in [9.17, 15) is 4.79 Å². The van der Waals surface area contributed by atoms with E-state index in [0.29, 0.717) is 16.3 Å². The van der Waals surface area contributed by atoms with Crippen molar-refractivity contribution in [2.24, 2.45) is 0 Å². The number of carbonyl (C=O) groups excluding carboxylic acids is 1. The van der Waals surface area contributed by atoms with Gasteiger partial charge in [-0.1, -0.05) is 11.6 Å². The summed E-state index contributed by atoms with van der Waals surface area (Å²) in [5, 5.41) is 0.371. The second-order valence-corrected chi connectivity index (χ2v) is 3.12. The number of benzene rings is 1. The molecular formula is C10H11ClO3. The fourth-order valence-corrected chi connectivity index (χ4v) is 1.39. The van der Waals surface area contributed by atoms with Crippen molar-refractivity contribution >= 4 is 17.6 Å². The van der Waals surface area contributed by atoms with Crippen molar-refractivity contribution in [3.05, 3.63) is 28.3 Å². The molecular weight excluding hydrogens is 204 g/mol. The monoisotopic (exact) mass is 214 g/mol. The van der Waals surface area contributed by atoms with Gasteiger partial charge in [0.2, 0.25) is 0 Å². The van der Waals surface area contributed by atoms with E-state index in [2.05, 4.69) is 4.74 Å². The number of hydrogen-bond donors (Lipinski definition) is 0. The molecule has 0 aliphatic heterocycles. The summed E-state index contributed by atoms with van der Waals surface area (Å²) in [7, 11) is 2.87. The summed E-state index contributed by atoms with van der Waals surface area (Å²) in [4.78, 5) is 11.2. The van der Waals surface area contributed by atoms with Crippen LogP contribution in [0.5, 0.6) is 5.75 Å². The summed E-state index contributed by atoms with van der Waals surface area (Å²) in [6.07, 6.45) is 0. The van der Waals surface area contributed by atoms with Crippen LogP contribution in [0, 0.1) is 6.92 Å². The van der Waals surface area contributed by atoms with Gasteiger partial charge in [0.25, 0.3) is 0 Å². The average Bonchev–Trinajstić information content (AvgIpc) is 2.21. The molecule has 0 amide bonds. The lowest BCUT2D eigenvalue weighted by Gasteiger charge is -2.09. The number of esters is 1. The number of ether oxygens (including phenoxy) is 2. The largest absolute Gasteiger partial charge is 0.496 e. The molecule has 0 aliphatic carbocycles. The fourth-order valence-electron chi connectivity index (χ4n) is 1.16. The molecule has 14 heavy (non-hydrogen) atoms. The van der Waals surface area contributed by atoms with E-state index in [0.717, 1.165) is 5.56 Å². The van der Waals surface area contributed by atoms with E-state index in [1.54, 1.807) is 26.2 Å². The Morgan fingerprint density at radius 2 is 2.00 bits per heavy atom. The third kappa shape index (κ3) is 1.82. The van der Waals surface area contributed by atoms with Gasteiger partial charge in [0, 0.05) is 5.56 Å². The van der Waals surface area contributed by atoms with Crippen LogP contribution < -0.4 is 4.74 Å². The molecule has 3 nitrogen and oxygen atoms in total. The minimum Gasteiger partial charge on any atom is -0.496 e. The summed E-state index contributed by atoms with van der Waals surface area (Å²) < 4.78 is 9.64. The Hall–Kier alpha value is -1.22. The lowest BCUT2D eigenvalue weighted by Crippen LogP contribution is -2.03. The summed E-state index contributed by atoms with van der Waals surface area (Å²) in [5.74, 6) is 0.211. The minimum atomic E-state index is -0.444. The third-order valence-electron chi connectivity index (χ3n) is 1.96. The number of hydrogen-bond acceptors (Lipinski definition) is 3. The van der Waals surface area contributed by atoms with E-state index in [1.807, 2.05) is 0 Å². The number of methoxy groups -OCH3 is 2.